The number of rotatable bonds is 13. The lowest BCUT2D eigenvalue weighted by atomic mass is 10.1. The van der Waals surface area contributed by atoms with Crippen molar-refractivity contribution in [3.05, 3.63) is 48.3 Å². The van der Waals surface area contributed by atoms with Crippen molar-refractivity contribution in [2.75, 3.05) is 33.4 Å². The fraction of sp³-hybridized carbons (Fsp3) is 0.500. The van der Waals surface area contributed by atoms with Crippen LogP contribution in [0.4, 0.5) is 0 Å². The molecule has 0 bridgehead atoms. The second kappa shape index (κ2) is 16.9. The number of hydrogen-bond acceptors (Lipinski definition) is 4. The average Bonchev–Trinajstić information content (AvgIpc) is 3.23. The van der Waals surface area contributed by atoms with Crippen molar-refractivity contribution in [2.45, 2.75) is 52.9 Å². The van der Waals surface area contributed by atoms with Gasteiger partial charge in [0.2, 0.25) is 0 Å². The standard InChI is InChI=1S/C26H37N3O2.3ClH/c1-5-7-14-28(15-8-6-2)16-10-18-31-24-13-12-22(19-25(24)30-4)23-20-29-17-9-11-21(3)26(29)27-23;;;/h9,11-13,17,19-20H,5-8,10,14-16,18H2,1-4H3;3*1H. The fourth-order valence-corrected chi connectivity index (χ4v) is 3.81. The lowest BCUT2D eigenvalue weighted by Crippen LogP contribution is -2.28. The van der Waals surface area contributed by atoms with Gasteiger partial charge in [-0.05, 0) is 69.1 Å². The molecule has 0 aliphatic heterocycles. The highest BCUT2D eigenvalue weighted by atomic mass is 35.5. The summed E-state index contributed by atoms with van der Waals surface area (Å²) in [4.78, 5) is 7.36. The van der Waals surface area contributed by atoms with Crippen molar-refractivity contribution < 1.29 is 9.47 Å². The number of fused-ring (bicyclic) bond motifs is 1. The third-order valence-electron chi connectivity index (χ3n) is 5.67. The van der Waals surface area contributed by atoms with Crippen LogP contribution in [0.15, 0.2) is 42.7 Å². The minimum atomic E-state index is 0. The van der Waals surface area contributed by atoms with Crippen LogP contribution in [0.2, 0.25) is 0 Å². The van der Waals surface area contributed by atoms with Gasteiger partial charge in [0.15, 0.2) is 11.5 Å². The molecule has 0 aliphatic rings. The van der Waals surface area contributed by atoms with Crippen molar-refractivity contribution in [1.29, 1.82) is 0 Å². The van der Waals surface area contributed by atoms with Gasteiger partial charge in [-0.1, -0.05) is 32.8 Å². The monoisotopic (exact) mass is 531 g/mol. The van der Waals surface area contributed by atoms with Gasteiger partial charge >= 0.3 is 0 Å². The molecule has 2 heterocycles. The van der Waals surface area contributed by atoms with E-state index >= 15 is 0 Å². The Balaban J connectivity index is 0.00000363. The number of aryl methyl sites for hydroxylation is 1. The Morgan fingerprint density at radius 2 is 1.59 bits per heavy atom. The van der Waals surface area contributed by atoms with Crippen LogP contribution >= 0.6 is 37.2 Å². The molecule has 3 aromatic rings. The number of nitrogens with zero attached hydrogens (tertiary/aromatic N) is 3. The zero-order valence-corrected chi connectivity index (χ0v) is 23.2. The first-order valence-electron chi connectivity index (χ1n) is 11.6. The second-order valence-corrected chi connectivity index (χ2v) is 8.16. The van der Waals surface area contributed by atoms with Gasteiger partial charge in [-0.25, -0.2) is 4.98 Å². The van der Waals surface area contributed by atoms with Crippen LogP contribution in [-0.4, -0.2) is 47.6 Å². The minimum Gasteiger partial charge on any atom is -0.493 e. The molecule has 0 N–H and O–H groups in total. The summed E-state index contributed by atoms with van der Waals surface area (Å²) in [6.45, 7) is 10.7. The molecular weight excluding hydrogens is 493 g/mol. The van der Waals surface area contributed by atoms with Crippen molar-refractivity contribution >= 4 is 42.9 Å². The van der Waals surface area contributed by atoms with Gasteiger partial charge < -0.3 is 18.8 Å². The molecule has 0 amide bonds. The highest BCUT2D eigenvalue weighted by Crippen LogP contribution is 2.32. The quantitative estimate of drug-likeness (QED) is 0.217. The van der Waals surface area contributed by atoms with E-state index in [1.54, 1.807) is 7.11 Å². The number of benzene rings is 1. The van der Waals surface area contributed by atoms with Crippen molar-refractivity contribution in [1.82, 2.24) is 14.3 Å². The third kappa shape index (κ3) is 8.84. The molecule has 0 spiro atoms. The van der Waals surface area contributed by atoms with E-state index in [0.717, 1.165) is 46.9 Å². The van der Waals surface area contributed by atoms with Gasteiger partial charge in [0, 0.05) is 24.5 Å². The average molecular weight is 533 g/mol. The number of ether oxygens (including phenoxy) is 2. The molecule has 1 aromatic carbocycles. The van der Waals surface area contributed by atoms with Crippen molar-refractivity contribution in [3.8, 4) is 22.8 Å². The molecule has 0 saturated heterocycles. The highest BCUT2D eigenvalue weighted by molar-refractivity contribution is 5.86. The predicted octanol–water partition coefficient (Wildman–Crippen LogP) is 7.25. The maximum Gasteiger partial charge on any atom is 0.161 e. The number of halogens is 3. The molecule has 34 heavy (non-hydrogen) atoms. The number of pyridine rings is 1. The third-order valence-corrected chi connectivity index (χ3v) is 5.67. The van der Waals surface area contributed by atoms with Crippen LogP contribution in [0.3, 0.4) is 0 Å². The lowest BCUT2D eigenvalue weighted by Gasteiger charge is -2.22. The molecule has 0 saturated carbocycles. The minimum absolute atomic E-state index is 0. The first-order valence-corrected chi connectivity index (χ1v) is 11.6. The van der Waals surface area contributed by atoms with Crippen molar-refractivity contribution in [3.63, 3.8) is 0 Å². The zero-order valence-electron chi connectivity index (χ0n) is 20.8. The summed E-state index contributed by atoms with van der Waals surface area (Å²) in [5.74, 6) is 1.54. The Kier molecular flexibility index (Phi) is 16.1. The molecule has 0 fully saturated rings. The first-order chi connectivity index (χ1) is 15.2. The van der Waals surface area contributed by atoms with Gasteiger partial charge in [0.05, 0.1) is 19.4 Å². The SMILES string of the molecule is CCCCN(CCCC)CCCOc1ccc(-c2cn3cccc(C)c3n2)cc1OC.Cl.Cl.Cl. The Labute approximate surface area is 223 Å². The van der Waals surface area contributed by atoms with Crippen LogP contribution in [0.1, 0.15) is 51.5 Å². The fourth-order valence-electron chi connectivity index (χ4n) is 3.81. The molecule has 0 aliphatic carbocycles. The summed E-state index contributed by atoms with van der Waals surface area (Å²) in [6, 6.07) is 10.2. The Hall–Kier alpha value is -1.66. The molecule has 2 aromatic heterocycles. The zero-order chi connectivity index (χ0) is 22.1. The summed E-state index contributed by atoms with van der Waals surface area (Å²) >= 11 is 0. The van der Waals surface area contributed by atoms with Crippen LogP contribution in [0, 0.1) is 6.92 Å². The van der Waals surface area contributed by atoms with Gasteiger partial charge in [-0.3, -0.25) is 0 Å². The molecule has 0 atom stereocenters. The van der Waals surface area contributed by atoms with E-state index in [4.69, 9.17) is 14.5 Å². The van der Waals surface area contributed by atoms with E-state index in [9.17, 15) is 0 Å². The van der Waals surface area contributed by atoms with Crippen LogP contribution in [-0.2, 0) is 0 Å². The normalized spacial score (nSPS) is 10.4. The summed E-state index contributed by atoms with van der Waals surface area (Å²) in [7, 11) is 1.69. The summed E-state index contributed by atoms with van der Waals surface area (Å²) < 4.78 is 13.8. The van der Waals surface area contributed by atoms with Crippen LogP contribution < -0.4 is 9.47 Å². The number of aromatic nitrogens is 2. The van der Waals surface area contributed by atoms with Gasteiger partial charge in [0.25, 0.3) is 0 Å². The maximum absolute atomic E-state index is 6.08. The first kappa shape index (κ1) is 32.3. The summed E-state index contributed by atoms with van der Waals surface area (Å²) in [5.41, 5.74) is 4.10. The Bertz CT molecular complexity index is 958. The second-order valence-electron chi connectivity index (χ2n) is 8.16. The number of methoxy groups -OCH3 is 1. The predicted molar refractivity (Wildman–Crippen MR) is 150 cm³/mol. The lowest BCUT2D eigenvalue weighted by molar-refractivity contribution is 0.225. The molecule has 5 nitrogen and oxygen atoms in total. The van der Waals surface area contributed by atoms with E-state index in [1.807, 2.05) is 24.4 Å². The maximum atomic E-state index is 6.08. The van der Waals surface area contributed by atoms with Gasteiger partial charge in [-0.2, -0.15) is 0 Å². The van der Waals surface area contributed by atoms with Gasteiger partial charge in [-0.15, -0.1) is 37.2 Å². The van der Waals surface area contributed by atoms with E-state index < -0.39 is 0 Å². The number of imidazole rings is 1. The van der Waals surface area contributed by atoms with Crippen LogP contribution in [0.25, 0.3) is 16.9 Å². The van der Waals surface area contributed by atoms with Crippen molar-refractivity contribution in [2.24, 2.45) is 0 Å². The van der Waals surface area contributed by atoms with E-state index in [0.29, 0.717) is 6.61 Å². The summed E-state index contributed by atoms with van der Waals surface area (Å²) in [5, 5.41) is 0. The molecular formula is C26H40Cl3N3O2. The van der Waals surface area contributed by atoms with Gasteiger partial charge in [0.1, 0.15) is 5.65 Å². The van der Waals surface area contributed by atoms with E-state index in [-0.39, 0.29) is 37.2 Å². The molecule has 0 radical (unpaired) electrons. The molecule has 8 heteroatoms. The Morgan fingerprint density at radius 1 is 0.912 bits per heavy atom. The largest absolute Gasteiger partial charge is 0.493 e. The smallest absolute Gasteiger partial charge is 0.161 e. The number of unbranched alkanes of at least 4 members (excludes halogenated alkanes) is 2. The van der Waals surface area contributed by atoms with Crippen LogP contribution in [0.5, 0.6) is 11.5 Å². The number of hydrogen-bond donors (Lipinski definition) is 0. The highest BCUT2D eigenvalue weighted by Gasteiger charge is 2.11. The molecule has 0 unspecified atom stereocenters. The Morgan fingerprint density at radius 3 is 2.21 bits per heavy atom. The summed E-state index contributed by atoms with van der Waals surface area (Å²) in [6.07, 6.45) is 10.1. The molecule has 3 rings (SSSR count). The molecule has 192 valence electrons. The van der Waals surface area contributed by atoms with E-state index in [1.165, 1.54) is 38.8 Å². The van der Waals surface area contributed by atoms with E-state index in [2.05, 4.69) is 48.4 Å². The topological polar surface area (TPSA) is 39.0 Å².